The van der Waals surface area contributed by atoms with Gasteiger partial charge in [0.1, 0.15) is 6.61 Å². The Balaban J connectivity index is 3.00. The molecule has 3 nitrogen and oxygen atoms in total. The van der Waals surface area contributed by atoms with Crippen molar-refractivity contribution in [2.45, 2.75) is 6.42 Å². The molecular formula is C4H7O3. The first-order chi connectivity index (χ1) is 3.31. The first-order valence-corrected chi connectivity index (χ1v) is 2.02. The van der Waals surface area contributed by atoms with Crippen molar-refractivity contribution in [1.82, 2.24) is 0 Å². The van der Waals surface area contributed by atoms with Gasteiger partial charge in [-0.25, -0.2) is 5.11 Å². The Bertz CT molecular complexity index is 60.0. The molecule has 7 heavy (non-hydrogen) atoms. The van der Waals surface area contributed by atoms with Gasteiger partial charge in [-0.05, 0) is 0 Å². The van der Waals surface area contributed by atoms with Crippen molar-refractivity contribution < 1.29 is 15.0 Å². The first kappa shape index (κ1) is 6.59. The van der Waals surface area contributed by atoms with E-state index >= 15 is 0 Å². The van der Waals surface area contributed by atoms with Gasteiger partial charge in [0.2, 0.25) is 0 Å². The summed E-state index contributed by atoms with van der Waals surface area (Å²) in [6, 6.07) is 0. The van der Waals surface area contributed by atoms with Gasteiger partial charge < -0.3 is 5.11 Å². The fraction of sp³-hybridized carbons (Fsp3) is 0.750. The van der Waals surface area contributed by atoms with Crippen LogP contribution < -0.4 is 0 Å². The predicted molar refractivity (Wildman–Crippen MR) is 22.3 cm³/mol. The molecular weight excluding hydrogens is 96.0 g/mol. The number of carbonyl (C=O) groups is 1. The molecule has 0 atom stereocenters. The maximum Gasteiger partial charge on any atom is 0.160 e. The van der Waals surface area contributed by atoms with Crippen LogP contribution in [0.4, 0.5) is 0 Å². The van der Waals surface area contributed by atoms with Crippen LogP contribution in [0.2, 0.25) is 0 Å². The summed E-state index contributed by atoms with van der Waals surface area (Å²) in [5.74, 6) is -0.380. The van der Waals surface area contributed by atoms with Crippen molar-refractivity contribution in [3.05, 3.63) is 0 Å². The molecule has 0 heterocycles. The standard InChI is InChI=1S/C4H7O3/c5-2-1-4(7)3-6/h6H,1-3H2. The minimum atomic E-state index is -0.498. The zero-order chi connectivity index (χ0) is 5.70. The molecule has 1 radical (unpaired) electrons. The molecule has 0 aliphatic rings. The van der Waals surface area contributed by atoms with E-state index in [-0.39, 0.29) is 12.2 Å². The summed E-state index contributed by atoms with van der Waals surface area (Å²) in [6.07, 6.45) is -0.0451. The van der Waals surface area contributed by atoms with Gasteiger partial charge in [-0.15, -0.1) is 0 Å². The number of hydrogen-bond acceptors (Lipinski definition) is 2. The molecule has 3 heteroatoms. The van der Waals surface area contributed by atoms with E-state index in [1.807, 2.05) is 0 Å². The highest BCUT2D eigenvalue weighted by molar-refractivity contribution is 5.79. The summed E-state index contributed by atoms with van der Waals surface area (Å²) in [6.45, 7) is -0.915. The first-order valence-electron chi connectivity index (χ1n) is 2.02. The Kier molecular flexibility index (Phi) is 3.55. The summed E-state index contributed by atoms with van der Waals surface area (Å²) in [4.78, 5) is 9.96. The van der Waals surface area contributed by atoms with Gasteiger partial charge in [-0.1, -0.05) is 0 Å². The van der Waals surface area contributed by atoms with Crippen LogP contribution in [0.15, 0.2) is 0 Å². The highest BCUT2D eigenvalue weighted by Crippen LogP contribution is 1.76. The number of ketones is 1. The van der Waals surface area contributed by atoms with E-state index in [0.717, 1.165) is 0 Å². The van der Waals surface area contributed by atoms with Crippen LogP contribution in [-0.2, 0) is 9.90 Å². The molecule has 0 amide bonds. The molecule has 0 aliphatic heterocycles. The summed E-state index contributed by atoms with van der Waals surface area (Å²) >= 11 is 0. The smallest absolute Gasteiger partial charge is 0.160 e. The SMILES string of the molecule is [O]CCC(=O)CO. The third-order valence-electron chi connectivity index (χ3n) is 0.557. The van der Waals surface area contributed by atoms with Crippen LogP contribution in [0.25, 0.3) is 0 Å². The van der Waals surface area contributed by atoms with Crippen molar-refractivity contribution in [2.75, 3.05) is 13.2 Å². The summed E-state index contributed by atoms with van der Waals surface area (Å²) < 4.78 is 0. The minimum Gasteiger partial charge on any atom is -0.389 e. The van der Waals surface area contributed by atoms with Crippen molar-refractivity contribution in [3.63, 3.8) is 0 Å². The Hall–Kier alpha value is -0.410. The molecule has 0 bridgehead atoms. The highest BCUT2D eigenvalue weighted by Gasteiger charge is 1.94. The lowest BCUT2D eigenvalue weighted by Crippen LogP contribution is -2.04. The lowest BCUT2D eigenvalue weighted by molar-refractivity contribution is -0.122. The van der Waals surface area contributed by atoms with Crippen LogP contribution in [-0.4, -0.2) is 24.1 Å². The molecule has 0 spiro atoms. The molecule has 0 rings (SSSR count). The largest absolute Gasteiger partial charge is 0.389 e. The summed E-state index contributed by atoms with van der Waals surface area (Å²) in [5, 5.41) is 17.5. The van der Waals surface area contributed by atoms with Gasteiger partial charge in [0.05, 0.1) is 6.61 Å². The third-order valence-corrected chi connectivity index (χ3v) is 0.557. The molecule has 1 N–H and O–H groups in total. The fourth-order valence-electron chi connectivity index (χ4n) is 0.193. The topological polar surface area (TPSA) is 57.2 Å². The van der Waals surface area contributed by atoms with Gasteiger partial charge in [0.25, 0.3) is 0 Å². The summed E-state index contributed by atoms with van der Waals surface area (Å²) in [5.41, 5.74) is 0. The highest BCUT2D eigenvalue weighted by atomic mass is 16.3. The Morgan fingerprint density at radius 2 is 2.14 bits per heavy atom. The van der Waals surface area contributed by atoms with E-state index in [9.17, 15) is 9.90 Å². The zero-order valence-corrected chi connectivity index (χ0v) is 3.89. The van der Waals surface area contributed by atoms with Gasteiger partial charge in [-0.2, -0.15) is 0 Å². The second-order valence-corrected chi connectivity index (χ2v) is 1.15. The quantitative estimate of drug-likeness (QED) is 0.517. The number of aliphatic hydroxyl groups excluding tert-OH is 1. The third kappa shape index (κ3) is 3.42. The van der Waals surface area contributed by atoms with Crippen molar-refractivity contribution in [1.29, 1.82) is 0 Å². The van der Waals surface area contributed by atoms with E-state index in [1.165, 1.54) is 0 Å². The molecule has 0 fully saturated rings. The van der Waals surface area contributed by atoms with Gasteiger partial charge >= 0.3 is 0 Å². The molecule has 0 aliphatic carbocycles. The lowest BCUT2D eigenvalue weighted by Gasteiger charge is -1.85. The van der Waals surface area contributed by atoms with E-state index in [1.54, 1.807) is 0 Å². The van der Waals surface area contributed by atoms with E-state index in [4.69, 9.17) is 5.11 Å². The van der Waals surface area contributed by atoms with Crippen molar-refractivity contribution >= 4 is 5.78 Å². The van der Waals surface area contributed by atoms with Gasteiger partial charge in [0.15, 0.2) is 5.78 Å². The van der Waals surface area contributed by atoms with E-state index in [2.05, 4.69) is 0 Å². The molecule has 0 aromatic heterocycles. The monoisotopic (exact) mass is 103 g/mol. The molecule has 0 unspecified atom stereocenters. The number of aliphatic hydroxyl groups is 1. The molecule has 41 valence electrons. The van der Waals surface area contributed by atoms with Crippen LogP contribution in [0, 0.1) is 0 Å². The van der Waals surface area contributed by atoms with Crippen LogP contribution in [0.5, 0.6) is 0 Å². The summed E-state index contributed by atoms with van der Waals surface area (Å²) in [7, 11) is 0. The second-order valence-electron chi connectivity index (χ2n) is 1.15. The maximum atomic E-state index is 9.96. The lowest BCUT2D eigenvalue weighted by atomic mass is 10.3. The normalized spacial score (nSPS) is 8.86. The van der Waals surface area contributed by atoms with Crippen LogP contribution >= 0.6 is 0 Å². The average Bonchev–Trinajstić information content (AvgIpc) is 1.68. The number of carbonyl (C=O) groups excluding carboxylic acids is 1. The van der Waals surface area contributed by atoms with Gasteiger partial charge in [-0.3, -0.25) is 4.79 Å². The van der Waals surface area contributed by atoms with E-state index < -0.39 is 13.2 Å². The van der Waals surface area contributed by atoms with Crippen LogP contribution in [0.1, 0.15) is 6.42 Å². The predicted octanol–water partition coefficient (Wildman–Crippen LogP) is -0.632. The molecule has 0 saturated heterocycles. The van der Waals surface area contributed by atoms with Gasteiger partial charge in [0, 0.05) is 6.42 Å². The number of rotatable bonds is 3. The van der Waals surface area contributed by atoms with Crippen LogP contribution in [0.3, 0.4) is 0 Å². The minimum absolute atomic E-state index is 0.0451. The molecule has 0 aromatic carbocycles. The van der Waals surface area contributed by atoms with Crippen molar-refractivity contribution in [2.24, 2.45) is 0 Å². The Morgan fingerprint density at radius 3 is 2.29 bits per heavy atom. The molecule has 0 saturated carbocycles. The number of Topliss-reactive ketones (excluding diaryl/α,β-unsaturated/α-hetero) is 1. The van der Waals surface area contributed by atoms with E-state index in [0.29, 0.717) is 0 Å². The maximum absolute atomic E-state index is 9.96. The Morgan fingerprint density at radius 1 is 1.57 bits per heavy atom. The molecule has 0 aromatic rings. The Labute approximate surface area is 41.6 Å². The number of hydrogen-bond donors (Lipinski definition) is 1. The fourth-order valence-corrected chi connectivity index (χ4v) is 0.193. The second kappa shape index (κ2) is 3.77. The zero-order valence-electron chi connectivity index (χ0n) is 3.89. The average molecular weight is 103 g/mol. The van der Waals surface area contributed by atoms with Crippen molar-refractivity contribution in [3.8, 4) is 0 Å².